The molecule has 0 aliphatic carbocycles. The van der Waals surface area contributed by atoms with Gasteiger partial charge in [0.15, 0.2) is 5.16 Å². The lowest BCUT2D eigenvalue weighted by molar-refractivity contribution is -0.129. The summed E-state index contributed by atoms with van der Waals surface area (Å²) in [4.78, 5) is 33.2. The summed E-state index contributed by atoms with van der Waals surface area (Å²) in [5.41, 5.74) is 1.08. The van der Waals surface area contributed by atoms with Gasteiger partial charge in [0.2, 0.25) is 5.91 Å². The van der Waals surface area contributed by atoms with Gasteiger partial charge in [-0.15, -0.1) is 0 Å². The van der Waals surface area contributed by atoms with Gasteiger partial charge in [-0.1, -0.05) is 29.1 Å². The number of aromatic amines is 1. The minimum Gasteiger partial charge on any atom is -0.364 e. The quantitative estimate of drug-likeness (QED) is 0.562. The second kappa shape index (κ2) is 6.88. The van der Waals surface area contributed by atoms with Crippen LogP contribution in [0.25, 0.3) is 10.9 Å². The molecular weight excluding hydrogens is 328 g/mol. The number of para-hydroxylation sites is 1. The van der Waals surface area contributed by atoms with Crippen molar-refractivity contribution in [2.24, 2.45) is 0 Å². The first-order valence-electron chi connectivity index (χ1n) is 7.34. The second-order valence-electron chi connectivity index (χ2n) is 5.33. The van der Waals surface area contributed by atoms with E-state index in [4.69, 9.17) is 4.52 Å². The van der Waals surface area contributed by atoms with Crippen molar-refractivity contribution in [3.05, 3.63) is 52.6 Å². The van der Waals surface area contributed by atoms with E-state index in [-0.39, 0.29) is 11.5 Å². The maximum absolute atomic E-state index is 12.4. The van der Waals surface area contributed by atoms with Crippen molar-refractivity contribution in [1.29, 1.82) is 0 Å². The van der Waals surface area contributed by atoms with Crippen LogP contribution in [-0.4, -0.2) is 38.2 Å². The summed E-state index contributed by atoms with van der Waals surface area (Å²) in [5, 5.41) is 4.35. The highest BCUT2D eigenvalue weighted by Gasteiger charge is 2.21. The van der Waals surface area contributed by atoms with Gasteiger partial charge >= 0.3 is 0 Å². The third-order valence-electron chi connectivity index (χ3n) is 3.49. The van der Waals surface area contributed by atoms with E-state index in [2.05, 4.69) is 15.1 Å². The Bertz CT molecular complexity index is 907. The zero-order valence-corrected chi connectivity index (χ0v) is 14.0. The topological polar surface area (TPSA) is 92.1 Å². The monoisotopic (exact) mass is 344 g/mol. The predicted molar refractivity (Wildman–Crippen MR) is 90.7 cm³/mol. The van der Waals surface area contributed by atoms with Crippen molar-refractivity contribution in [1.82, 2.24) is 20.0 Å². The molecule has 124 valence electrons. The van der Waals surface area contributed by atoms with E-state index in [0.717, 1.165) is 0 Å². The standard InChI is InChI=1S/C16H16N4O3S/c1-10(15(22)20(2)9-11-7-8-23-19-11)24-16-17-13-6-4-3-5-12(13)14(21)18-16/h3-8,10H,9H2,1-2H3,(H,17,18,21). The molecule has 0 radical (unpaired) electrons. The van der Waals surface area contributed by atoms with E-state index in [1.807, 2.05) is 6.07 Å². The number of fused-ring (bicyclic) bond motifs is 1. The Morgan fingerprint density at radius 3 is 2.92 bits per heavy atom. The van der Waals surface area contributed by atoms with Gasteiger partial charge < -0.3 is 14.4 Å². The molecule has 3 rings (SSSR count). The Morgan fingerprint density at radius 2 is 2.17 bits per heavy atom. The number of benzene rings is 1. The average molecular weight is 344 g/mol. The summed E-state index contributed by atoms with van der Waals surface area (Å²) < 4.78 is 4.76. The number of nitrogens with one attached hydrogen (secondary N) is 1. The number of amides is 1. The maximum atomic E-state index is 12.4. The molecule has 7 nitrogen and oxygen atoms in total. The van der Waals surface area contributed by atoms with Crippen molar-refractivity contribution in [2.45, 2.75) is 23.9 Å². The van der Waals surface area contributed by atoms with Gasteiger partial charge in [0.05, 0.1) is 22.7 Å². The largest absolute Gasteiger partial charge is 0.364 e. The molecule has 2 aromatic heterocycles. The summed E-state index contributed by atoms with van der Waals surface area (Å²) in [6.07, 6.45) is 1.47. The van der Waals surface area contributed by atoms with Crippen LogP contribution < -0.4 is 5.56 Å². The Balaban J connectivity index is 1.73. The van der Waals surface area contributed by atoms with E-state index in [1.54, 1.807) is 43.1 Å². The highest BCUT2D eigenvalue weighted by molar-refractivity contribution is 8.00. The highest BCUT2D eigenvalue weighted by atomic mass is 32.2. The fraction of sp³-hybridized carbons (Fsp3) is 0.250. The van der Waals surface area contributed by atoms with E-state index in [9.17, 15) is 9.59 Å². The molecule has 0 saturated heterocycles. The molecule has 0 aliphatic rings. The number of hydrogen-bond donors (Lipinski definition) is 1. The van der Waals surface area contributed by atoms with Crippen LogP contribution in [0.5, 0.6) is 0 Å². The highest BCUT2D eigenvalue weighted by Crippen LogP contribution is 2.21. The van der Waals surface area contributed by atoms with Gasteiger partial charge in [-0.2, -0.15) is 0 Å². The number of carbonyl (C=O) groups is 1. The lowest BCUT2D eigenvalue weighted by Gasteiger charge is -2.19. The van der Waals surface area contributed by atoms with Crippen LogP contribution in [-0.2, 0) is 11.3 Å². The average Bonchev–Trinajstić information content (AvgIpc) is 3.07. The normalized spacial score (nSPS) is 12.2. The molecule has 1 unspecified atom stereocenters. The minimum atomic E-state index is -0.397. The molecule has 0 aliphatic heterocycles. The number of hydrogen-bond acceptors (Lipinski definition) is 6. The number of carbonyl (C=O) groups excluding carboxylic acids is 1. The Hall–Kier alpha value is -2.61. The van der Waals surface area contributed by atoms with Crippen LogP contribution in [0.3, 0.4) is 0 Å². The molecule has 1 amide bonds. The van der Waals surface area contributed by atoms with Gasteiger partial charge in [-0.05, 0) is 19.1 Å². The molecule has 8 heteroatoms. The van der Waals surface area contributed by atoms with Crippen molar-refractivity contribution in [3.8, 4) is 0 Å². The van der Waals surface area contributed by atoms with Gasteiger partial charge in [-0.3, -0.25) is 9.59 Å². The van der Waals surface area contributed by atoms with Crippen LogP contribution in [0, 0.1) is 0 Å². The van der Waals surface area contributed by atoms with Gasteiger partial charge in [-0.25, -0.2) is 4.98 Å². The van der Waals surface area contributed by atoms with Crippen LogP contribution >= 0.6 is 11.8 Å². The third kappa shape index (κ3) is 3.48. The number of thioether (sulfide) groups is 1. The van der Waals surface area contributed by atoms with Gasteiger partial charge in [0.25, 0.3) is 5.56 Å². The lowest BCUT2D eigenvalue weighted by Crippen LogP contribution is -2.33. The summed E-state index contributed by atoms with van der Waals surface area (Å²) in [6.45, 7) is 2.14. The van der Waals surface area contributed by atoms with Crippen LogP contribution in [0.2, 0.25) is 0 Å². The molecular formula is C16H16N4O3S. The van der Waals surface area contributed by atoms with Crippen LogP contribution in [0.15, 0.2) is 51.1 Å². The first-order chi connectivity index (χ1) is 11.5. The van der Waals surface area contributed by atoms with E-state index in [0.29, 0.717) is 28.3 Å². The van der Waals surface area contributed by atoms with Gasteiger partial charge in [0.1, 0.15) is 12.0 Å². The molecule has 3 aromatic rings. The number of H-pyrrole nitrogens is 1. The Labute approximate surface area is 142 Å². The van der Waals surface area contributed by atoms with Crippen molar-refractivity contribution in [2.75, 3.05) is 7.05 Å². The molecule has 2 heterocycles. The molecule has 1 aromatic carbocycles. The number of aromatic nitrogens is 3. The molecule has 24 heavy (non-hydrogen) atoms. The first kappa shape index (κ1) is 16.3. The number of rotatable bonds is 5. The van der Waals surface area contributed by atoms with Gasteiger partial charge in [0, 0.05) is 13.1 Å². The minimum absolute atomic E-state index is 0.0844. The molecule has 0 bridgehead atoms. The fourth-order valence-corrected chi connectivity index (χ4v) is 3.21. The van der Waals surface area contributed by atoms with Crippen molar-refractivity contribution < 1.29 is 9.32 Å². The molecule has 0 fully saturated rings. The molecule has 1 atom stereocenters. The summed E-state index contributed by atoms with van der Waals surface area (Å²) in [7, 11) is 1.70. The van der Waals surface area contributed by atoms with Crippen LogP contribution in [0.4, 0.5) is 0 Å². The van der Waals surface area contributed by atoms with E-state index >= 15 is 0 Å². The first-order valence-corrected chi connectivity index (χ1v) is 8.22. The Kier molecular flexibility index (Phi) is 4.66. The van der Waals surface area contributed by atoms with Crippen molar-refractivity contribution >= 4 is 28.6 Å². The second-order valence-corrected chi connectivity index (χ2v) is 6.66. The summed E-state index contributed by atoms with van der Waals surface area (Å²) in [5.74, 6) is -0.0844. The maximum Gasteiger partial charge on any atom is 0.259 e. The summed E-state index contributed by atoms with van der Waals surface area (Å²) in [6, 6.07) is 8.82. The van der Waals surface area contributed by atoms with Crippen LogP contribution in [0.1, 0.15) is 12.6 Å². The molecule has 1 N–H and O–H groups in total. The predicted octanol–water partition coefficient (Wildman–Crippen LogP) is 2.05. The molecule has 0 spiro atoms. The SMILES string of the molecule is CC(Sc1nc2ccccc2c(=O)[nH]1)C(=O)N(C)Cc1ccon1. The van der Waals surface area contributed by atoms with E-state index in [1.165, 1.54) is 18.0 Å². The third-order valence-corrected chi connectivity index (χ3v) is 4.47. The van der Waals surface area contributed by atoms with Crippen molar-refractivity contribution in [3.63, 3.8) is 0 Å². The zero-order chi connectivity index (χ0) is 17.1. The number of nitrogens with zero attached hydrogens (tertiary/aromatic N) is 3. The summed E-state index contributed by atoms with van der Waals surface area (Å²) >= 11 is 1.22. The smallest absolute Gasteiger partial charge is 0.259 e. The van der Waals surface area contributed by atoms with E-state index < -0.39 is 5.25 Å². The lowest BCUT2D eigenvalue weighted by atomic mass is 10.2. The fourth-order valence-electron chi connectivity index (χ4n) is 2.29. The Morgan fingerprint density at radius 1 is 1.38 bits per heavy atom. The zero-order valence-electron chi connectivity index (χ0n) is 13.2. The molecule has 0 saturated carbocycles.